The molecule has 1 aromatic heterocycles. The number of rotatable bonds is 3. The summed E-state index contributed by atoms with van der Waals surface area (Å²) in [6, 6.07) is 72.1. The highest BCUT2D eigenvalue weighted by molar-refractivity contribution is 6.22. The van der Waals surface area contributed by atoms with Crippen LogP contribution in [0.2, 0.25) is 0 Å². The Labute approximate surface area is 347 Å². The van der Waals surface area contributed by atoms with E-state index >= 15 is 0 Å². The largest absolute Gasteiger partial charge is 0.456 e. The van der Waals surface area contributed by atoms with Crippen LogP contribution in [0.1, 0.15) is 25.0 Å². The second-order valence-electron chi connectivity index (χ2n) is 17.2. The normalized spacial score (nSPS) is 13.3. The Balaban J connectivity index is 0.932. The zero-order valence-corrected chi connectivity index (χ0v) is 33.4. The van der Waals surface area contributed by atoms with Crippen LogP contribution in [0.25, 0.3) is 120 Å². The van der Waals surface area contributed by atoms with Crippen molar-refractivity contribution in [3.63, 3.8) is 0 Å². The summed E-state index contributed by atoms with van der Waals surface area (Å²) in [7, 11) is 0. The minimum absolute atomic E-state index is 0.105. The lowest BCUT2D eigenvalue weighted by Crippen LogP contribution is -2.14. The lowest BCUT2D eigenvalue weighted by molar-refractivity contribution is 0.661. The van der Waals surface area contributed by atoms with E-state index in [0.717, 1.165) is 11.2 Å². The van der Waals surface area contributed by atoms with Gasteiger partial charge in [0.2, 0.25) is 0 Å². The van der Waals surface area contributed by atoms with Crippen molar-refractivity contribution in [3.8, 4) is 44.5 Å². The van der Waals surface area contributed by atoms with Crippen molar-refractivity contribution in [3.05, 3.63) is 205 Å². The van der Waals surface area contributed by atoms with Crippen LogP contribution in [-0.4, -0.2) is 0 Å². The maximum absolute atomic E-state index is 6.31. The minimum Gasteiger partial charge on any atom is -0.456 e. The van der Waals surface area contributed by atoms with Crippen molar-refractivity contribution in [1.29, 1.82) is 0 Å². The van der Waals surface area contributed by atoms with E-state index in [9.17, 15) is 0 Å². The maximum atomic E-state index is 6.31. The van der Waals surface area contributed by atoms with Gasteiger partial charge in [-0.3, -0.25) is 0 Å². The molecule has 0 spiro atoms. The van der Waals surface area contributed by atoms with Gasteiger partial charge in [-0.15, -0.1) is 0 Å². The first-order valence-electron chi connectivity index (χ1n) is 21.0. The van der Waals surface area contributed by atoms with Crippen LogP contribution in [0.5, 0.6) is 0 Å². The summed E-state index contributed by atoms with van der Waals surface area (Å²) in [5.41, 5.74) is 14.7. The van der Waals surface area contributed by atoms with Crippen LogP contribution < -0.4 is 0 Å². The third-order valence-corrected chi connectivity index (χ3v) is 13.6. The van der Waals surface area contributed by atoms with Crippen LogP contribution in [-0.2, 0) is 5.41 Å². The monoisotopic (exact) mass is 762 g/mol. The molecule has 1 aliphatic rings. The zero-order chi connectivity index (χ0) is 39.7. The zero-order valence-electron chi connectivity index (χ0n) is 33.4. The van der Waals surface area contributed by atoms with Gasteiger partial charge in [0.25, 0.3) is 0 Å². The molecule has 0 saturated heterocycles. The van der Waals surface area contributed by atoms with E-state index < -0.39 is 0 Å². The molecule has 0 unspecified atom stereocenters. The summed E-state index contributed by atoms with van der Waals surface area (Å²) in [6.07, 6.45) is 0. The molecule has 13 rings (SSSR count). The minimum atomic E-state index is -0.105. The van der Waals surface area contributed by atoms with E-state index in [2.05, 4.69) is 202 Å². The van der Waals surface area contributed by atoms with Gasteiger partial charge < -0.3 is 4.42 Å². The molecule has 0 radical (unpaired) electrons. The molecule has 0 atom stereocenters. The molecule has 280 valence electrons. The predicted octanol–water partition coefficient (Wildman–Crippen LogP) is 16.7. The Morgan fingerprint density at radius 1 is 0.317 bits per heavy atom. The van der Waals surface area contributed by atoms with Gasteiger partial charge in [-0.1, -0.05) is 159 Å². The first-order chi connectivity index (χ1) is 29.5. The van der Waals surface area contributed by atoms with Crippen LogP contribution in [0.4, 0.5) is 0 Å². The molecule has 0 aliphatic heterocycles. The van der Waals surface area contributed by atoms with E-state index in [1.54, 1.807) is 0 Å². The van der Waals surface area contributed by atoms with Crippen molar-refractivity contribution >= 4 is 75.8 Å². The number of hydrogen-bond acceptors (Lipinski definition) is 1. The third kappa shape index (κ3) is 4.75. The second-order valence-corrected chi connectivity index (χ2v) is 17.2. The highest BCUT2D eigenvalue weighted by Gasteiger charge is 2.36. The molecule has 0 bridgehead atoms. The predicted molar refractivity (Wildman–Crippen MR) is 255 cm³/mol. The topological polar surface area (TPSA) is 13.1 Å². The van der Waals surface area contributed by atoms with Gasteiger partial charge in [-0.2, -0.15) is 0 Å². The van der Waals surface area contributed by atoms with Crippen LogP contribution in [0.3, 0.4) is 0 Å². The molecular weight excluding hydrogens is 725 g/mol. The first-order valence-corrected chi connectivity index (χ1v) is 21.0. The molecule has 1 aliphatic carbocycles. The Morgan fingerprint density at radius 2 is 0.800 bits per heavy atom. The van der Waals surface area contributed by atoms with Crippen molar-refractivity contribution < 1.29 is 4.42 Å². The van der Waals surface area contributed by atoms with E-state index in [1.165, 1.54) is 120 Å². The average molecular weight is 763 g/mol. The third-order valence-electron chi connectivity index (χ3n) is 13.6. The summed E-state index contributed by atoms with van der Waals surface area (Å²) in [6.45, 7) is 4.73. The fourth-order valence-electron chi connectivity index (χ4n) is 10.6. The Kier molecular flexibility index (Phi) is 6.85. The van der Waals surface area contributed by atoms with Gasteiger partial charge in [0.15, 0.2) is 0 Å². The Hall–Kier alpha value is -7.48. The standard InChI is InChI=1S/C59H38O/c1-59(2)52-27-25-40(32-50(52)51-34-49-41(33-53(51)59)26-28-55-58(49)48-17-9-10-18-54(48)60-55)38-20-21-39-31-43(24-22-37(39)29-38)57-46-15-7-5-13-44(46)56(45-14-6-8-16-47(45)57)42-23-19-35-11-3-4-12-36(35)30-42/h3-34H,1-2H3. The van der Waals surface area contributed by atoms with E-state index in [4.69, 9.17) is 4.42 Å². The van der Waals surface area contributed by atoms with Gasteiger partial charge in [0.1, 0.15) is 11.2 Å². The van der Waals surface area contributed by atoms with Crippen molar-refractivity contribution in [2.24, 2.45) is 0 Å². The van der Waals surface area contributed by atoms with Crippen molar-refractivity contribution in [2.45, 2.75) is 19.3 Å². The molecule has 0 amide bonds. The summed E-state index contributed by atoms with van der Waals surface area (Å²) < 4.78 is 6.31. The highest BCUT2D eigenvalue weighted by atomic mass is 16.3. The number of para-hydroxylation sites is 1. The quantitative estimate of drug-likeness (QED) is 0.163. The van der Waals surface area contributed by atoms with E-state index in [0.29, 0.717) is 0 Å². The van der Waals surface area contributed by atoms with Crippen molar-refractivity contribution in [1.82, 2.24) is 0 Å². The molecule has 0 fully saturated rings. The fraction of sp³-hybridized carbons (Fsp3) is 0.0508. The number of hydrogen-bond donors (Lipinski definition) is 0. The smallest absolute Gasteiger partial charge is 0.136 e. The van der Waals surface area contributed by atoms with Crippen molar-refractivity contribution in [2.75, 3.05) is 0 Å². The molecule has 60 heavy (non-hydrogen) atoms. The van der Waals surface area contributed by atoms with Crippen LogP contribution >= 0.6 is 0 Å². The van der Waals surface area contributed by atoms with E-state index in [-0.39, 0.29) is 5.41 Å². The fourth-order valence-corrected chi connectivity index (χ4v) is 10.6. The van der Waals surface area contributed by atoms with Gasteiger partial charge in [0, 0.05) is 16.2 Å². The summed E-state index contributed by atoms with van der Waals surface area (Å²) in [5, 5.41) is 14.9. The summed E-state index contributed by atoms with van der Waals surface area (Å²) in [4.78, 5) is 0. The number of benzene rings is 11. The molecule has 1 heteroatoms. The Bertz CT molecular complexity index is 3750. The molecule has 0 N–H and O–H groups in total. The van der Waals surface area contributed by atoms with Crippen LogP contribution in [0, 0.1) is 0 Å². The van der Waals surface area contributed by atoms with Gasteiger partial charge >= 0.3 is 0 Å². The molecule has 1 nitrogen and oxygen atoms in total. The Morgan fingerprint density at radius 3 is 1.48 bits per heavy atom. The molecular formula is C59H38O. The second kappa shape index (κ2) is 12.3. The number of furan rings is 1. The van der Waals surface area contributed by atoms with Crippen LogP contribution in [0.15, 0.2) is 199 Å². The molecule has 1 heterocycles. The molecule has 0 saturated carbocycles. The van der Waals surface area contributed by atoms with Gasteiger partial charge in [-0.25, -0.2) is 0 Å². The maximum Gasteiger partial charge on any atom is 0.136 e. The van der Waals surface area contributed by atoms with Gasteiger partial charge in [0.05, 0.1) is 0 Å². The highest BCUT2D eigenvalue weighted by Crippen LogP contribution is 2.52. The lowest BCUT2D eigenvalue weighted by atomic mass is 9.81. The average Bonchev–Trinajstić information content (AvgIpc) is 3.78. The number of fused-ring (bicyclic) bond motifs is 12. The summed E-state index contributed by atoms with van der Waals surface area (Å²) in [5.74, 6) is 0. The summed E-state index contributed by atoms with van der Waals surface area (Å²) >= 11 is 0. The molecule has 11 aromatic carbocycles. The van der Waals surface area contributed by atoms with E-state index in [1.807, 2.05) is 6.07 Å². The SMILES string of the molecule is CC1(C)c2ccc(-c3ccc4cc(-c5c6ccccc6c(-c6ccc7ccccc7c6)c6ccccc56)ccc4c3)cc2-c2cc3c(ccc4oc5ccccc5c43)cc21. The molecule has 12 aromatic rings. The lowest BCUT2D eigenvalue weighted by Gasteiger charge is -2.22. The van der Waals surface area contributed by atoms with Gasteiger partial charge in [-0.05, 0) is 158 Å². The first kappa shape index (κ1) is 33.5.